The van der Waals surface area contributed by atoms with Gasteiger partial charge < -0.3 is 5.32 Å². The van der Waals surface area contributed by atoms with E-state index in [0.29, 0.717) is 12.1 Å². The summed E-state index contributed by atoms with van der Waals surface area (Å²) in [7, 11) is 0. The van der Waals surface area contributed by atoms with Crippen molar-refractivity contribution in [3.05, 3.63) is 56.7 Å². The minimum Gasteiger partial charge on any atom is -0.303 e. The lowest BCUT2D eigenvalue weighted by Gasteiger charge is -2.20. The van der Waals surface area contributed by atoms with E-state index in [2.05, 4.69) is 48.6 Å². The molecule has 1 heterocycles. The molecule has 2 aromatic rings. The van der Waals surface area contributed by atoms with E-state index < -0.39 is 0 Å². The number of hydrogen-bond acceptors (Lipinski definition) is 2. The Labute approximate surface area is 117 Å². The summed E-state index contributed by atoms with van der Waals surface area (Å²) in [5.41, 5.74) is 2.75. The van der Waals surface area contributed by atoms with Crippen LogP contribution in [0.25, 0.3) is 0 Å². The average molecular weight is 278 g/mol. The van der Waals surface area contributed by atoms with Crippen LogP contribution in [0.2, 0.25) is 4.34 Å². The Morgan fingerprint density at radius 3 is 2.89 bits per heavy atom. The predicted octanol–water partition coefficient (Wildman–Crippen LogP) is 4.74. The van der Waals surface area contributed by atoms with Gasteiger partial charge in [0.15, 0.2) is 0 Å². The summed E-state index contributed by atoms with van der Waals surface area (Å²) in [6, 6.07) is 13.6. The number of fused-ring (bicyclic) bond motifs is 1. The zero-order chi connectivity index (χ0) is 12.5. The molecule has 0 radical (unpaired) electrons. The minimum atomic E-state index is 0.376. The summed E-state index contributed by atoms with van der Waals surface area (Å²) in [5, 5.41) is 3.71. The summed E-state index contributed by atoms with van der Waals surface area (Å²) >= 11 is 7.82. The molecule has 3 rings (SSSR count). The standard InChI is InChI=1S/C15H16ClNS/c1-10(11-5-3-2-4-6-11)17-13-7-8-14-12(13)9-15(16)18-14/h2-6,9-10,13,17H,7-8H2,1H3/t10-,13?/m1/s1. The molecule has 94 valence electrons. The van der Waals surface area contributed by atoms with Gasteiger partial charge in [0.1, 0.15) is 0 Å². The molecule has 1 aromatic carbocycles. The van der Waals surface area contributed by atoms with E-state index in [1.807, 2.05) is 0 Å². The van der Waals surface area contributed by atoms with Crippen molar-refractivity contribution in [2.45, 2.75) is 31.8 Å². The van der Waals surface area contributed by atoms with Gasteiger partial charge in [-0.25, -0.2) is 0 Å². The first-order valence-corrected chi connectivity index (χ1v) is 7.52. The third kappa shape index (κ3) is 2.33. The van der Waals surface area contributed by atoms with Crippen molar-refractivity contribution in [2.24, 2.45) is 0 Å². The second-order valence-electron chi connectivity index (χ2n) is 4.82. The largest absolute Gasteiger partial charge is 0.303 e. The van der Waals surface area contributed by atoms with Crippen LogP contribution in [-0.2, 0) is 6.42 Å². The lowest BCUT2D eigenvalue weighted by Crippen LogP contribution is -2.22. The number of hydrogen-bond donors (Lipinski definition) is 1. The molecule has 1 nitrogen and oxygen atoms in total. The second-order valence-corrected chi connectivity index (χ2v) is 6.59. The fraction of sp³-hybridized carbons (Fsp3) is 0.333. The van der Waals surface area contributed by atoms with Crippen LogP contribution >= 0.6 is 22.9 Å². The van der Waals surface area contributed by atoms with Crippen molar-refractivity contribution in [3.63, 3.8) is 0 Å². The van der Waals surface area contributed by atoms with E-state index in [0.717, 1.165) is 10.8 Å². The fourth-order valence-corrected chi connectivity index (χ4v) is 4.00. The zero-order valence-electron chi connectivity index (χ0n) is 10.3. The Morgan fingerprint density at radius 2 is 2.11 bits per heavy atom. The number of aryl methyl sites for hydroxylation is 1. The summed E-state index contributed by atoms with van der Waals surface area (Å²) in [6.45, 7) is 2.22. The highest BCUT2D eigenvalue weighted by Crippen LogP contribution is 2.40. The molecule has 2 atom stereocenters. The van der Waals surface area contributed by atoms with Crippen LogP contribution in [-0.4, -0.2) is 0 Å². The highest BCUT2D eigenvalue weighted by atomic mass is 35.5. The number of nitrogens with one attached hydrogen (secondary N) is 1. The molecular formula is C15H16ClNS. The molecule has 1 aliphatic carbocycles. The monoisotopic (exact) mass is 277 g/mol. The van der Waals surface area contributed by atoms with Crippen molar-refractivity contribution >= 4 is 22.9 Å². The third-order valence-corrected chi connectivity index (χ3v) is 4.94. The first-order valence-electron chi connectivity index (χ1n) is 6.33. The van der Waals surface area contributed by atoms with E-state index in [1.165, 1.54) is 22.4 Å². The molecule has 3 heteroatoms. The van der Waals surface area contributed by atoms with E-state index in [9.17, 15) is 0 Å². The van der Waals surface area contributed by atoms with E-state index in [4.69, 9.17) is 11.6 Å². The molecule has 0 amide bonds. The van der Waals surface area contributed by atoms with Crippen LogP contribution in [0.4, 0.5) is 0 Å². The summed E-state index contributed by atoms with van der Waals surface area (Å²) in [6.07, 6.45) is 2.35. The Bertz CT molecular complexity index is 535. The number of halogens is 1. The van der Waals surface area contributed by atoms with Crippen molar-refractivity contribution in [1.29, 1.82) is 0 Å². The molecule has 1 unspecified atom stereocenters. The Kier molecular flexibility index (Phi) is 3.42. The maximum absolute atomic E-state index is 6.09. The number of rotatable bonds is 3. The fourth-order valence-electron chi connectivity index (χ4n) is 2.64. The van der Waals surface area contributed by atoms with Gasteiger partial charge >= 0.3 is 0 Å². The molecular weight excluding hydrogens is 262 g/mol. The van der Waals surface area contributed by atoms with Gasteiger partial charge in [0.25, 0.3) is 0 Å². The SMILES string of the molecule is C[C@@H](NC1CCc2sc(Cl)cc21)c1ccccc1. The highest BCUT2D eigenvalue weighted by Gasteiger charge is 2.26. The zero-order valence-corrected chi connectivity index (χ0v) is 11.9. The van der Waals surface area contributed by atoms with Crippen molar-refractivity contribution in [2.75, 3.05) is 0 Å². The molecule has 0 bridgehead atoms. The summed E-state index contributed by atoms with van der Waals surface area (Å²) in [5.74, 6) is 0. The maximum Gasteiger partial charge on any atom is 0.0934 e. The number of thiophene rings is 1. The van der Waals surface area contributed by atoms with Crippen LogP contribution < -0.4 is 5.32 Å². The topological polar surface area (TPSA) is 12.0 Å². The lowest BCUT2D eigenvalue weighted by molar-refractivity contribution is 0.465. The van der Waals surface area contributed by atoms with Gasteiger partial charge in [-0.15, -0.1) is 11.3 Å². The minimum absolute atomic E-state index is 0.376. The second kappa shape index (κ2) is 5.04. The first kappa shape index (κ1) is 12.2. The van der Waals surface area contributed by atoms with Crippen LogP contribution in [0.15, 0.2) is 36.4 Å². The normalized spacial score (nSPS) is 19.8. The van der Waals surface area contributed by atoms with Crippen molar-refractivity contribution in [1.82, 2.24) is 5.32 Å². The van der Waals surface area contributed by atoms with Gasteiger partial charge in [0.2, 0.25) is 0 Å². The average Bonchev–Trinajstić information content (AvgIpc) is 2.91. The molecule has 0 saturated heterocycles. The molecule has 1 N–H and O–H groups in total. The molecule has 0 spiro atoms. The van der Waals surface area contributed by atoms with Gasteiger partial charge in [-0.2, -0.15) is 0 Å². The van der Waals surface area contributed by atoms with Gasteiger partial charge in [-0.1, -0.05) is 41.9 Å². The van der Waals surface area contributed by atoms with Crippen molar-refractivity contribution < 1.29 is 0 Å². The summed E-state index contributed by atoms with van der Waals surface area (Å²) in [4.78, 5) is 1.46. The van der Waals surface area contributed by atoms with Crippen LogP contribution in [0.3, 0.4) is 0 Å². The van der Waals surface area contributed by atoms with Gasteiger partial charge in [0, 0.05) is 17.0 Å². The van der Waals surface area contributed by atoms with E-state index in [-0.39, 0.29) is 0 Å². The van der Waals surface area contributed by atoms with Gasteiger partial charge in [-0.3, -0.25) is 0 Å². The molecule has 18 heavy (non-hydrogen) atoms. The lowest BCUT2D eigenvalue weighted by atomic mass is 10.1. The molecule has 0 saturated carbocycles. The van der Waals surface area contributed by atoms with E-state index in [1.54, 1.807) is 11.3 Å². The number of benzene rings is 1. The Hall–Kier alpha value is -0.830. The quantitative estimate of drug-likeness (QED) is 0.854. The third-order valence-electron chi connectivity index (χ3n) is 3.60. The maximum atomic E-state index is 6.09. The predicted molar refractivity (Wildman–Crippen MR) is 78.4 cm³/mol. The first-order chi connectivity index (χ1) is 8.74. The Balaban J connectivity index is 1.75. The van der Waals surface area contributed by atoms with E-state index >= 15 is 0 Å². The molecule has 1 aliphatic rings. The summed E-state index contributed by atoms with van der Waals surface area (Å²) < 4.78 is 0.916. The van der Waals surface area contributed by atoms with Crippen LogP contribution in [0, 0.1) is 0 Å². The smallest absolute Gasteiger partial charge is 0.0934 e. The van der Waals surface area contributed by atoms with Crippen LogP contribution in [0.5, 0.6) is 0 Å². The Morgan fingerprint density at radius 1 is 1.33 bits per heavy atom. The molecule has 0 fully saturated rings. The van der Waals surface area contributed by atoms with Gasteiger partial charge in [-0.05, 0) is 37.0 Å². The molecule has 0 aliphatic heterocycles. The molecule has 1 aromatic heterocycles. The van der Waals surface area contributed by atoms with Crippen LogP contribution in [0.1, 0.15) is 41.4 Å². The van der Waals surface area contributed by atoms with Crippen molar-refractivity contribution in [3.8, 4) is 0 Å². The highest BCUT2D eigenvalue weighted by molar-refractivity contribution is 7.16. The van der Waals surface area contributed by atoms with Gasteiger partial charge in [0.05, 0.1) is 4.34 Å².